The second kappa shape index (κ2) is 5.64. The molecule has 0 bridgehead atoms. The van der Waals surface area contributed by atoms with Crippen molar-refractivity contribution in [2.24, 2.45) is 0 Å². The molecule has 4 heteroatoms. The van der Waals surface area contributed by atoms with Crippen LogP contribution in [0.15, 0.2) is 36.4 Å². The Balaban J connectivity index is 1.86. The van der Waals surface area contributed by atoms with Crippen LogP contribution in [0.4, 0.5) is 14.5 Å². The fourth-order valence-electron chi connectivity index (χ4n) is 2.68. The number of aryl methyl sites for hydroxylation is 2. The number of benzene rings is 2. The molecule has 0 spiro atoms. The van der Waals surface area contributed by atoms with Crippen molar-refractivity contribution in [3.05, 3.63) is 64.7 Å². The molecule has 2 nitrogen and oxygen atoms in total. The van der Waals surface area contributed by atoms with Gasteiger partial charge >= 0.3 is 0 Å². The van der Waals surface area contributed by atoms with E-state index < -0.39 is 23.2 Å². The Morgan fingerprint density at radius 3 is 2.33 bits per heavy atom. The molecule has 108 valence electrons. The first-order valence-corrected chi connectivity index (χ1v) is 7.02. The maximum Gasteiger partial charge on any atom is 0.255 e. The van der Waals surface area contributed by atoms with E-state index in [2.05, 4.69) is 5.32 Å². The predicted octanol–water partition coefficient (Wildman–Crippen LogP) is 4.10. The van der Waals surface area contributed by atoms with Gasteiger partial charge in [0, 0.05) is 5.56 Å². The summed E-state index contributed by atoms with van der Waals surface area (Å²) in [6.45, 7) is 0. The molecule has 0 fully saturated rings. The Hall–Kier alpha value is -2.23. The lowest BCUT2D eigenvalue weighted by Crippen LogP contribution is -2.15. The lowest BCUT2D eigenvalue weighted by molar-refractivity contribution is 0.102. The van der Waals surface area contributed by atoms with Crippen LogP contribution in [0.1, 0.15) is 34.3 Å². The lowest BCUT2D eigenvalue weighted by Gasteiger charge is -2.16. The molecule has 2 aromatic carbocycles. The van der Waals surface area contributed by atoms with Gasteiger partial charge in [0.05, 0.1) is 0 Å². The number of nitrogens with one attached hydrogen (secondary N) is 1. The van der Waals surface area contributed by atoms with Gasteiger partial charge in [-0.1, -0.05) is 12.1 Å². The zero-order chi connectivity index (χ0) is 14.8. The molecule has 0 aromatic heterocycles. The summed E-state index contributed by atoms with van der Waals surface area (Å²) in [6, 6.07) is 8.96. The van der Waals surface area contributed by atoms with Crippen LogP contribution in [0, 0.1) is 11.6 Å². The summed E-state index contributed by atoms with van der Waals surface area (Å²) in [6.07, 6.45) is 4.25. The second-order valence-corrected chi connectivity index (χ2v) is 5.24. The number of amides is 1. The van der Waals surface area contributed by atoms with Gasteiger partial charge in [-0.15, -0.1) is 0 Å². The molecule has 0 atom stereocenters. The van der Waals surface area contributed by atoms with Gasteiger partial charge in [-0.3, -0.25) is 4.79 Å². The standard InChI is InChI=1S/C17H15F2NO/c18-14-6-3-7-15(19)16(14)20-17(21)13-9-8-11-4-1-2-5-12(11)10-13/h3,6-10H,1-2,4-5H2,(H,20,21). The van der Waals surface area contributed by atoms with Crippen LogP contribution in [0.25, 0.3) is 0 Å². The summed E-state index contributed by atoms with van der Waals surface area (Å²) in [7, 11) is 0. The second-order valence-electron chi connectivity index (χ2n) is 5.24. The molecule has 1 N–H and O–H groups in total. The van der Waals surface area contributed by atoms with Gasteiger partial charge in [0.1, 0.15) is 17.3 Å². The van der Waals surface area contributed by atoms with E-state index in [4.69, 9.17) is 0 Å². The van der Waals surface area contributed by atoms with Gasteiger partial charge in [0.15, 0.2) is 0 Å². The molecule has 0 unspecified atom stereocenters. The summed E-state index contributed by atoms with van der Waals surface area (Å²) >= 11 is 0. The Morgan fingerprint density at radius 1 is 0.952 bits per heavy atom. The Morgan fingerprint density at radius 2 is 1.62 bits per heavy atom. The highest BCUT2D eigenvalue weighted by Gasteiger charge is 2.16. The minimum atomic E-state index is -0.777. The quantitative estimate of drug-likeness (QED) is 0.885. The number of halogens is 2. The third-order valence-electron chi connectivity index (χ3n) is 3.81. The van der Waals surface area contributed by atoms with E-state index in [1.54, 1.807) is 6.07 Å². The van der Waals surface area contributed by atoms with E-state index in [0.29, 0.717) is 5.56 Å². The molecule has 1 aliphatic rings. The van der Waals surface area contributed by atoms with E-state index in [0.717, 1.165) is 37.0 Å². The minimum Gasteiger partial charge on any atom is -0.317 e. The summed E-state index contributed by atoms with van der Waals surface area (Å²) in [4.78, 5) is 12.2. The van der Waals surface area contributed by atoms with E-state index in [9.17, 15) is 13.6 Å². The van der Waals surface area contributed by atoms with Crippen LogP contribution < -0.4 is 5.32 Å². The highest BCUT2D eigenvalue weighted by Crippen LogP contribution is 2.23. The predicted molar refractivity (Wildman–Crippen MR) is 77.4 cm³/mol. The summed E-state index contributed by atoms with van der Waals surface area (Å²) in [5.41, 5.74) is 2.44. The Kier molecular flexibility index (Phi) is 3.69. The van der Waals surface area contributed by atoms with Crippen LogP contribution in [-0.2, 0) is 12.8 Å². The molecule has 1 amide bonds. The number of carbonyl (C=O) groups excluding carboxylic acids is 1. The molecule has 0 saturated carbocycles. The highest BCUT2D eigenvalue weighted by molar-refractivity contribution is 6.04. The van der Waals surface area contributed by atoms with Crippen LogP contribution in [0.2, 0.25) is 0 Å². The highest BCUT2D eigenvalue weighted by atomic mass is 19.1. The van der Waals surface area contributed by atoms with Crippen molar-refractivity contribution in [1.29, 1.82) is 0 Å². The first-order valence-electron chi connectivity index (χ1n) is 7.02. The van der Waals surface area contributed by atoms with Gasteiger partial charge in [-0.05, 0) is 61.1 Å². The first-order chi connectivity index (χ1) is 10.1. The van der Waals surface area contributed by atoms with Gasteiger partial charge in [-0.2, -0.15) is 0 Å². The van der Waals surface area contributed by atoms with E-state index in [1.807, 2.05) is 12.1 Å². The van der Waals surface area contributed by atoms with Gasteiger partial charge in [0.25, 0.3) is 5.91 Å². The number of hydrogen-bond acceptors (Lipinski definition) is 1. The molecule has 0 radical (unpaired) electrons. The maximum atomic E-state index is 13.5. The van der Waals surface area contributed by atoms with E-state index in [1.165, 1.54) is 18.1 Å². The van der Waals surface area contributed by atoms with Gasteiger partial charge < -0.3 is 5.32 Å². The van der Waals surface area contributed by atoms with Crippen LogP contribution in [-0.4, -0.2) is 5.91 Å². The fraction of sp³-hybridized carbons (Fsp3) is 0.235. The summed E-state index contributed by atoms with van der Waals surface area (Å²) in [5.74, 6) is -2.05. The molecule has 0 heterocycles. The largest absolute Gasteiger partial charge is 0.317 e. The molecule has 1 aliphatic carbocycles. The average Bonchev–Trinajstić information content (AvgIpc) is 2.50. The zero-order valence-corrected chi connectivity index (χ0v) is 11.5. The first kappa shape index (κ1) is 13.7. The van der Waals surface area contributed by atoms with Crippen LogP contribution >= 0.6 is 0 Å². The fourth-order valence-corrected chi connectivity index (χ4v) is 2.68. The SMILES string of the molecule is O=C(Nc1c(F)cccc1F)c1ccc2c(c1)CCCC2. The number of rotatable bonds is 2. The number of fused-ring (bicyclic) bond motifs is 1. The molecule has 0 aliphatic heterocycles. The summed E-state index contributed by atoms with van der Waals surface area (Å²) < 4.78 is 27.1. The van der Waals surface area contributed by atoms with Gasteiger partial charge in [-0.25, -0.2) is 8.78 Å². The molecule has 3 rings (SSSR count). The lowest BCUT2D eigenvalue weighted by atomic mass is 9.90. The molecule has 0 saturated heterocycles. The summed E-state index contributed by atoms with van der Waals surface area (Å²) in [5, 5.41) is 2.31. The van der Waals surface area contributed by atoms with Crippen LogP contribution in [0.3, 0.4) is 0 Å². The maximum absolute atomic E-state index is 13.5. The van der Waals surface area contributed by atoms with E-state index in [-0.39, 0.29) is 0 Å². The van der Waals surface area contributed by atoms with Crippen molar-refractivity contribution >= 4 is 11.6 Å². The smallest absolute Gasteiger partial charge is 0.255 e. The van der Waals surface area contributed by atoms with Crippen molar-refractivity contribution in [3.8, 4) is 0 Å². The number of carbonyl (C=O) groups is 1. The van der Waals surface area contributed by atoms with Crippen molar-refractivity contribution in [2.45, 2.75) is 25.7 Å². The molecular formula is C17H15F2NO. The Bertz CT molecular complexity index is 677. The number of anilines is 1. The average molecular weight is 287 g/mol. The van der Waals surface area contributed by atoms with Crippen molar-refractivity contribution in [1.82, 2.24) is 0 Å². The number of hydrogen-bond donors (Lipinski definition) is 1. The minimum absolute atomic E-state index is 0.403. The van der Waals surface area contributed by atoms with Crippen molar-refractivity contribution in [2.75, 3.05) is 5.32 Å². The number of para-hydroxylation sites is 1. The third-order valence-corrected chi connectivity index (χ3v) is 3.81. The molecule has 21 heavy (non-hydrogen) atoms. The normalized spacial score (nSPS) is 13.6. The molecular weight excluding hydrogens is 272 g/mol. The van der Waals surface area contributed by atoms with Crippen LogP contribution in [0.5, 0.6) is 0 Å². The van der Waals surface area contributed by atoms with E-state index >= 15 is 0 Å². The third kappa shape index (κ3) is 2.79. The Labute approximate surface area is 121 Å². The molecule has 2 aromatic rings. The van der Waals surface area contributed by atoms with Gasteiger partial charge in [0.2, 0.25) is 0 Å². The van der Waals surface area contributed by atoms with Crippen molar-refractivity contribution < 1.29 is 13.6 Å². The monoisotopic (exact) mass is 287 g/mol. The van der Waals surface area contributed by atoms with Crippen molar-refractivity contribution in [3.63, 3.8) is 0 Å². The zero-order valence-electron chi connectivity index (χ0n) is 11.5. The topological polar surface area (TPSA) is 29.1 Å².